The Labute approximate surface area is 110 Å². The highest BCUT2D eigenvalue weighted by Crippen LogP contribution is 2.29. The number of nitrogens with zero attached hydrogens (tertiary/aromatic N) is 1. The minimum absolute atomic E-state index is 0.0337. The third-order valence-corrected chi connectivity index (χ3v) is 2.96. The number of fused-ring (bicyclic) bond motifs is 1. The number of ketones is 1. The summed E-state index contributed by atoms with van der Waals surface area (Å²) in [6.07, 6.45) is -0.814. The number of hydrogen-bond acceptors (Lipinski definition) is 4. The van der Waals surface area contributed by atoms with Gasteiger partial charge in [0.1, 0.15) is 5.82 Å². The molecule has 19 heavy (non-hydrogen) atoms. The van der Waals surface area contributed by atoms with Crippen molar-refractivity contribution in [2.75, 3.05) is 24.5 Å². The number of amides is 1. The van der Waals surface area contributed by atoms with Crippen LogP contribution in [0.3, 0.4) is 0 Å². The zero-order valence-corrected chi connectivity index (χ0v) is 10.5. The van der Waals surface area contributed by atoms with Crippen LogP contribution in [0, 0.1) is 5.82 Å². The fourth-order valence-electron chi connectivity index (χ4n) is 2.03. The Morgan fingerprint density at radius 3 is 2.84 bits per heavy atom. The molecule has 2 rings (SSSR count). The minimum atomic E-state index is -0.814. The van der Waals surface area contributed by atoms with Gasteiger partial charge in [-0.2, -0.15) is 0 Å². The third kappa shape index (κ3) is 2.64. The smallest absolute Gasteiger partial charge is 0.299 e. The van der Waals surface area contributed by atoms with E-state index in [9.17, 15) is 19.1 Å². The third-order valence-electron chi connectivity index (χ3n) is 2.96. The van der Waals surface area contributed by atoms with E-state index >= 15 is 0 Å². The summed E-state index contributed by atoms with van der Waals surface area (Å²) < 4.78 is 13.2. The highest BCUT2D eigenvalue weighted by Gasteiger charge is 2.36. The fourth-order valence-corrected chi connectivity index (χ4v) is 2.03. The van der Waals surface area contributed by atoms with Crippen LogP contribution >= 0.6 is 0 Å². The van der Waals surface area contributed by atoms with Crippen LogP contribution in [0.15, 0.2) is 18.2 Å². The first-order valence-corrected chi connectivity index (χ1v) is 6.09. The molecule has 0 fully saturated rings. The standard InChI is InChI=1S/C13H15FN2O3/c1-2-15-6-9(17)7-16-11-5-8(14)3-4-10(11)12(18)13(16)19/h3-5,9,15,17H,2,6-7H2,1H3. The molecule has 0 aromatic heterocycles. The van der Waals surface area contributed by atoms with Crippen molar-refractivity contribution in [2.24, 2.45) is 0 Å². The van der Waals surface area contributed by atoms with E-state index in [0.29, 0.717) is 13.1 Å². The predicted octanol–water partition coefficient (Wildman–Crippen LogP) is 0.325. The van der Waals surface area contributed by atoms with Gasteiger partial charge in [0.25, 0.3) is 11.7 Å². The lowest BCUT2D eigenvalue weighted by atomic mass is 10.1. The number of anilines is 1. The van der Waals surface area contributed by atoms with E-state index in [-0.39, 0.29) is 17.8 Å². The van der Waals surface area contributed by atoms with Crippen LogP contribution in [0.1, 0.15) is 17.3 Å². The zero-order chi connectivity index (χ0) is 14.0. The van der Waals surface area contributed by atoms with Crippen LogP contribution in [-0.2, 0) is 4.79 Å². The van der Waals surface area contributed by atoms with E-state index in [2.05, 4.69) is 5.32 Å². The summed E-state index contributed by atoms with van der Waals surface area (Å²) in [5.74, 6) is -1.91. The molecule has 1 amide bonds. The molecule has 0 radical (unpaired) electrons. The average molecular weight is 266 g/mol. The van der Waals surface area contributed by atoms with Crippen molar-refractivity contribution in [1.82, 2.24) is 5.32 Å². The fraction of sp³-hybridized carbons (Fsp3) is 0.385. The quantitative estimate of drug-likeness (QED) is 0.753. The van der Waals surface area contributed by atoms with Crippen molar-refractivity contribution in [3.8, 4) is 0 Å². The van der Waals surface area contributed by atoms with E-state index < -0.39 is 23.6 Å². The topological polar surface area (TPSA) is 69.6 Å². The van der Waals surface area contributed by atoms with E-state index in [0.717, 1.165) is 17.0 Å². The number of halogens is 1. The van der Waals surface area contributed by atoms with Crippen LogP contribution < -0.4 is 10.2 Å². The summed E-state index contributed by atoms with van der Waals surface area (Å²) in [5.41, 5.74) is 0.410. The van der Waals surface area contributed by atoms with E-state index in [4.69, 9.17) is 0 Å². The van der Waals surface area contributed by atoms with Crippen molar-refractivity contribution < 1.29 is 19.1 Å². The van der Waals surface area contributed by atoms with Gasteiger partial charge in [-0.25, -0.2) is 4.39 Å². The van der Waals surface area contributed by atoms with Gasteiger partial charge in [-0.1, -0.05) is 6.92 Å². The molecule has 1 aromatic carbocycles. The number of nitrogens with one attached hydrogen (secondary N) is 1. The van der Waals surface area contributed by atoms with Crippen molar-refractivity contribution in [1.29, 1.82) is 0 Å². The van der Waals surface area contributed by atoms with Gasteiger partial charge in [-0.05, 0) is 24.7 Å². The number of likely N-dealkylation sites (N-methyl/N-ethyl adjacent to an activating group) is 1. The Kier molecular flexibility index (Phi) is 3.92. The molecule has 0 spiro atoms. The van der Waals surface area contributed by atoms with Crippen LogP contribution in [0.2, 0.25) is 0 Å². The number of benzene rings is 1. The Morgan fingerprint density at radius 2 is 2.16 bits per heavy atom. The van der Waals surface area contributed by atoms with Crippen molar-refractivity contribution in [2.45, 2.75) is 13.0 Å². The lowest BCUT2D eigenvalue weighted by molar-refractivity contribution is -0.114. The summed E-state index contributed by atoms with van der Waals surface area (Å²) in [7, 11) is 0. The molecule has 5 nitrogen and oxygen atoms in total. The largest absolute Gasteiger partial charge is 0.390 e. The maximum absolute atomic E-state index is 13.2. The van der Waals surface area contributed by atoms with Crippen LogP contribution in [-0.4, -0.2) is 42.5 Å². The number of rotatable bonds is 5. The van der Waals surface area contributed by atoms with Gasteiger partial charge in [0.2, 0.25) is 0 Å². The van der Waals surface area contributed by atoms with Gasteiger partial charge in [-0.3, -0.25) is 9.59 Å². The molecule has 1 atom stereocenters. The summed E-state index contributed by atoms with van der Waals surface area (Å²) >= 11 is 0. The van der Waals surface area contributed by atoms with Gasteiger partial charge in [0.15, 0.2) is 0 Å². The van der Waals surface area contributed by atoms with Crippen LogP contribution in [0.4, 0.5) is 10.1 Å². The number of hydrogen-bond donors (Lipinski definition) is 2. The molecule has 1 unspecified atom stereocenters. The Hall–Kier alpha value is -1.79. The lowest BCUT2D eigenvalue weighted by Crippen LogP contribution is -2.41. The Balaban J connectivity index is 2.20. The van der Waals surface area contributed by atoms with Gasteiger partial charge in [0, 0.05) is 6.54 Å². The van der Waals surface area contributed by atoms with Gasteiger partial charge in [0.05, 0.1) is 23.9 Å². The molecule has 1 aliphatic heterocycles. The second-order valence-corrected chi connectivity index (χ2v) is 4.37. The molecule has 6 heteroatoms. The van der Waals surface area contributed by atoms with Gasteiger partial charge >= 0.3 is 0 Å². The summed E-state index contributed by atoms with van der Waals surface area (Å²) in [6, 6.07) is 3.57. The SMILES string of the molecule is CCNCC(O)CN1C(=O)C(=O)c2ccc(F)cc21. The number of aliphatic hydroxyl groups is 1. The molecule has 1 aliphatic rings. The highest BCUT2D eigenvalue weighted by molar-refractivity contribution is 6.52. The maximum Gasteiger partial charge on any atom is 0.299 e. The van der Waals surface area contributed by atoms with Crippen molar-refractivity contribution in [3.05, 3.63) is 29.6 Å². The average Bonchev–Trinajstić information content (AvgIpc) is 2.61. The highest BCUT2D eigenvalue weighted by atomic mass is 19.1. The second kappa shape index (κ2) is 5.46. The first kappa shape index (κ1) is 13.6. The Bertz CT molecular complexity index is 519. The molecular formula is C13H15FN2O3. The van der Waals surface area contributed by atoms with E-state index in [1.54, 1.807) is 0 Å². The molecule has 2 N–H and O–H groups in total. The Morgan fingerprint density at radius 1 is 1.42 bits per heavy atom. The van der Waals surface area contributed by atoms with Crippen molar-refractivity contribution in [3.63, 3.8) is 0 Å². The second-order valence-electron chi connectivity index (χ2n) is 4.37. The number of aliphatic hydroxyl groups excluding tert-OH is 1. The van der Waals surface area contributed by atoms with Gasteiger partial charge < -0.3 is 15.3 Å². The summed E-state index contributed by atoms with van der Waals surface area (Å²) in [4.78, 5) is 24.6. The molecule has 1 heterocycles. The molecule has 0 saturated heterocycles. The normalized spacial score (nSPS) is 15.8. The molecule has 0 aliphatic carbocycles. The zero-order valence-electron chi connectivity index (χ0n) is 10.5. The first-order chi connectivity index (χ1) is 9.04. The molecule has 1 aromatic rings. The number of Topliss-reactive ketones (excluding diaryl/α,β-unsaturated/α-hetero) is 1. The predicted molar refractivity (Wildman–Crippen MR) is 67.6 cm³/mol. The lowest BCUT2D eigenvalue weighted by Gasteiger charge is -2.20. The van der Waals surface area contributed by atoms with Crippen molar-refractivity contribution >= 4 is 17.4 Å². The first-order valence-electron chi connectivity index (χ1n) is 6.09. The van der Waals surface area contributed by atoms with Gasteiger partial charge in [-0.15, -0.1) is 0 Å². The maximum atomic E-state index is 13.2. The molecule has 0 bridgehead atoms. The summed E-state index contributed by atoms with van der Waals surface area (Å²) in [5, 5.41) is 12.7. The monoisotopic (exact) mass is 266 g/mol. The molecular weight excluding hydrogens is 251 g/mol. The van der Waals surface area contributed by atoms with Crippen LogP contribution in [0.5, 0.6) is 0 Å². The summed E-state index contributed by atoms with van der Waals surface area (Å²) in [6.45, 7) is 2.85. The van der Waals surface area contributed by atoms with Crippen LogP contribution in [0.25, 0.3) is 0 Å². The van der Waals surface area contributed by atoms with E-state index in [1.165, 1.54) is 6.07 Å². The molecule has 0 saturated carbocycles. The number of carbonyl (C=O) groups is 2. The number of carbonyl (C=O) groups excluding carboxylic acids is 2. The number of β-amino-alcohol motifs (C(OH)–C–C–N with tert-alkyl or cyclic N) is 1. The van der Waals surface area contributed by atoms with E-state index in [1.807, 2.05) is 6.92 Å². The molecule has 102 valence electrons. The minimum Gasteiger partial charge on any atom is -0.390 e.